The number of ether oxygens (including phenoxy) is 1. The molecule has 1 spiro atoms. The summed E-state index contributed by atoms with van der Waals surface area (Å²) in [7, 11) is 2.29. The van der Waals surface area contributed by atoms with Crippen LogP contribution in [0.25, 0.3) is 0 Å². The number of aliphatic hydroxyl groups is 1. The Morgan fingerprint density at radius 3 is 2.85 bits per heavy atom. The molecule has 5 aliphatic rings. The van der Waals surface area contributed by atoms with Crippen molar-refractivity contribution < 1.29 is 24.2 Å². The number of nitrogens with zero attached hydrogens (tertiary/aromatic N) is 1. The molecule has 3 aliphatic carbocycles. The normalized spacial score (nSPS) is 43.6. The fraction of sp³-hybridized carbons (Fsp3) is 0.667. The minimum Gasteiger partial charge on any atom is -0.870 e. The lowest BCUT2D eigenvalue weighted by atomic mass is 9.48. The molecule has 0 aromatic heterocycles. The Morgan fingerprint density at radius 2 is 2.11 bits per heavy atom. The number of rotatable bonds is 2. The third-order valence-electron chi connectivity index (χ3n) is 8.26. The zero-order valence-corrected chi connectivity index (χ0v) is 17.3. The minimum absolute atomic E-state index is 0. The number of likely N-dealkylation sites (N-methyl/N-ethyl adjacent to an activating group) is 1. The second kappa shape index (κ2) is 5.28. The topological polar surface area (TPSA) is 69.6 Å². The van der Waals surface area contributed by atoms with E-state index in [-0.39, 0.29) is 34.6 Å². The van der Waals surface area contributed by atoms with Crippen LogP contribution in [0.15, 0.2) is 12.1 Å². The van der Waals surface area contributed by atoms with Gasteiger partial charge in [0.15, 0.2) is 11.9 Å². The van der Waals surface area contributed by atoms with Crippen LogP contribution in [0.2, 0.25) is 0 Å². The first-order chi connectivity index (χ1) is 12.4. The van der Waals surface area contributed by atoms with Crippen molar-refractivity contribution in [2.45, 2.75) is 61.7 Å². The maximum Gasteiger partial charge on any atom is 0.174 e. The van der Waals surface area contributed by atoms with Crippen molar-refractivity contribution >= 4 is 22.8 Å². The van der Waals surface area contributed by atoms with Crippen molar-refractivity contribution in [3.8, 4) is 11.5 Å². The molecule has 27 heavy (non-hydrogen) atoms. The number of halogens is 1. The van der Waals surface area contributed by atoms with Gasteiger partial charge >= 0.3 is 0 Å². The largest absolute Gasteiger partial charge is 0.870 e. The molecule has 1 N–H and O–H groups in total. The van der Waals surface area contributed by atoms with Gasteiger partial charge in [-0.1, -0.05) is 17.9 Å². The van der Waals surface area contributed by atoms with E-state index in [1.54, 1.807) is 6.07 Å². The number of hydrogen-bond acceptors (Lipinski definition) is 4. The maximum atomic E-state index is 12.8. The molecule has 1 saturated heterocycles. The Hall–Kier alpha value is -1.11. The molecule has 2 aliphatic heterocycles. The molecule has 5 nitrogen and oxygen atoms in total. The van der Waals surface area contributed by atoms with Gasteiger partial charge in [0, 0.05) is 30.7 Å². The first-order valence-electron chi connectivity index (χ1n) is 9.98. The van der Waals surface area contributed by atoms with Crippen molar-refractivity contribution in [1.82, 2.24) is 0 Å². The number of quaternary nitrogens is 1. The van der Waals surface area contributed by atoms with Crippen LogP contribution < -0.4 is 9.84 Å². The van der Waals surface area contributed by atoms with Crippen LogP contribution in [-0.2, 0) is 16.6 Å². The summed E-state index contributed by atoms with van der Waals surface area (Å²) in [6.45, 7) is 2.06. The van der Waals surface area contributed by atoms with Crippen LogP contribution in [0.4, 0.5) is 0 Å². The van der Waals surface area contributed by atoms with Gasteiger partial charge in [-0.25, -0.2) is 0 Å². The van der Waals surface area contributed by atoms with E-state index >= 15 is 0 Å². The van der Waals surface area contributed by atoms with Gasteiger partial charge in [0.1, 0.15) is 17.4 Å². The van der Waals surface area contributed by atoms with Crippen molar-refractivity contribution in [3.05, 3.63) is 23.3 Å². The Balaban J connectivity index is 0.00000160. The quantitative estimate of drug-likeness (QED) is 0.716. The molecule has 146 valence electrons. The molecule has 0 amide bonds. The SMILES string of the molecule is Br.C[N+]1(CC2CC2)CCC23c4c5ccc([O-])c4O[C@H]2C(=O)CC[C@@]3(O)[C@H]1C5. The smallest absolute Gasteiger partial charge is 0.174 e. The average Bonchev–Trinajstić information content (AvgIpc) is 3.32. The molecule has 2 bridgehead atoms. The van der Waals surface area contributed by atoms with Crippen LogP contribution in [-0.4, -0.2) is 53.3 Å². The number of carbonyl (C=O) groups excluding carboxylic acids is 1. The number of ketones is 1. The molecule has 6 heteroatoms. The van der Waals surface area contributed by atoms with Crippen molar-refractivity contribution in [2.75, 3.05) is 20.1 Å². The molecule has 5 atom stereocenters. The van der Waals surface area contributed by atoms with Crippen molar-refractivity contribution in [3.63, 3.8) is 0 Å². The molecule has 2 unspecified atom stereocenters. The molecule has 2 saturated carbocycles. The third kappa shape index (κ3) is 1.94. The van der Waals surface area contributed by atoms with Crippen LogP contribution in [0.5, 0.6) is 11.5 Å². The molecule has 2 heterocycles. The highest BCUT2D eigenvalue weighted by atomic mass is 79.9. The minimum atomic E-state index is -0.959. The molecular weight excluding hydrogens is 410 g/mol. The van der Waals surface area contributed by atoms with Gasteiger partial charge < -0.3 is 19.4 Å². The molecule has 0 radical (unpaired) electrons. The summed E-state index contributed by atoms with van der Waals surface area (Å²) in [6, 6.07) is 3.58. The average molecular weight is 436 g/mol. The van der Waals surface area contributed by atoms with E-state index in [4.69, 9.17) is 4.74 Å². The Bertz CT molecular complexity index is 855. The number of likely N-dealkylation sites (tertiary alicyclic amines) is 1. The lowest BCUT2D eigenvalue weighted by Gasteiger charge is -2.64. The molecule has 1 aromatic rings. The molecular formula is C21H26BrNO4. The summed E-state index contributed by atoms with van der Waals surface area (Å²) in [4.78, 5) is 12.8. The Morgan fingerprint density at radius 1 is 1.33 bits per heavy atom. The maximum absolute atomic E-state index is 12.8. The monoisotopic (exact) mass is 435 g/mol. The zero-order chi connectivity index (χ0) is 17.9. The van der Waals surface area contributed by atoms with E-state index in [2.05, 4.69) is 7.05 Å². The fourth-order valence-electron chi connectivity index (χ4n) is 6.93. The zero-order valence-electron chi connectivity index (χ0n) is 15.6. The molecule has 3 fully saturated rings. The first-order valence-corrected chi connectivity index (χ1v) is 9.98. The second-order valence-electron chi connectivity index (χ2n) is 9.59. The predicted octanol–water partition coefficient (Wildman–Crippen LogP) is 1.62. The number of carbonyl (C=O) groups is 1. The third-order valence-corrected chi connectivity index (χ3v) is 8.26. The molecule has 1 aromatic carbocycles. The van der Waals surface area contributed by atoms with E-state index < -0.39 is 17.1 Å². The highest BCUT2D eigenvalue weighted by Gasteiger charge is 2.76. The highest BCUT2D eigenvalue weighted by Crippen LogP contribution is 2.65. The van der Waals surface area contributed by atoms with E-state index in [1.807, 2.05) is 6.07 Å². The van der Waals surface area contributed by atoms with Gasteiger partial charge in [-0.05, 0) is 24.8 Å². The van der Waals surface area contributed by atoms with Gasteiger partial charge in [0.2, 0.25) is 0 Å². The summed E-state index contributed by atoms with van der Waals surface area (Å²) in [6.07, 6.45) is 4.26. The van der Waals surface area contributed by atoms with Gasteiger partial charge in [-0.2, -0.15) is 0 Å². The standard InChI is InChI=1S/C21H25NO4.BrH/c1-22(11-12-2-3-12)9-8-20-17-13-4-5-14(23)18(17)26-19(20)15(24)6-7-21(20,25)16(22)10-13;/h4-5,12,16,19,25H,2-3,6-11H2,1H3;1H/t16-,19+,20?,21-,22?;/m1./s1. The van der Waals surface area contributed by atoms with Crippen molar-refractivity contribution in [1.29, 1.82) is 0 Å². The number of benzene rings is 1. The van der Waals surface area contributed by atoms with E-state index in [1.165, 1.54) is 12.8 Å². The fourth-order valence-corrected chi connectivity index (χ4v) is 6.93. The predicted molar refractivity (Wildman–Crippen MR) is 102 cm³/mol. The highest BCUT2D eigenvalue weighted by molar-refractivity contribution is 8.93. The van der Waals surface area contributed by atoms with Gasteiger partial charge in [0.05, 0.1) is 25.6 Å². The van der Waals surface area contributed by atoms with E-state index in [0.29, 0.717) is 18.6 Å². The van der Waals surface area contributed by atoms with Crippen LogP contribution in [0, 0.1) is 5.92 Å². The van der Waals surface area contributed by atoms with Gasteiger partial charge in [0.25, 0.3) is 0 Å². The summed E-state index contributed by atoms with van der Waals surface area (Å²) < 4.78 is 6.91. The van der Waals surface area contributed by atoms with Gasteiger partial charge in [-0.3, -0.25) is 4.79 Å². The van der Waals surface area contributed by atoms with Crippen LogP contribution in [0.1, 0.15) is 43.2 Å². The van der Waals surface area contributed by atoms with Gasteiger partial charge in [-0.15, -0.1) is 17.0 Å². The summed E-state index contributed by atoms with van der Waals surface area (Å²) >= 11 is 0. The second-order valence-corrected chi connectivity index (χ2v) is 9.59. The van der Waals surface area contributed by atoms with E-state index in [9.17, 15) is 15.0 Å². The lowest BCUT2D eigenvalue weighted by Crippen LogP contribution is -2.80. The molecule has 6 rings (SSSR count). The number of hydrogen-bond donors (Lipinski definition) is 1. The first kappa shape index (κ1) is 18.0. The van der Waals surface area contributed by atoms with Crippen LogP contribution in [0.3, 0.4) is 0 Å². The van der Waals surface area contributed by atoms with Crippen LogP contribution >= 0.6 is 17.0 Å². The summed E-state index contributed by atoms with van der Waals surface area (Å²) in [5.74, 6) is 1.02. The summed E-state index contributed by atoms with van der Waals surface area (Å²) in [5.41, 5.74) is 0.322. The Labute approximate surface area is 169 Å². The van der Waals surface area contributed by atoms with Crippen molar-refractivity contribution in [2.24, 2.45) is 5.92 Å². The number of Topliss-reactive ketones (excluding diaryl/α,β-unsaturated/α-hetero) is 1. The summed E-state index contributed by atoms with van der Waals surface area (Å²) in [5, 5.41) is 24.6. The lowest BCUT2D eigenvalue weighted by molar-refractivity contribution is -0.950. The Kier molecular flexibility index (Phi) is 3.51. The van der Waals surface area contributed by atoms with E-state index in [0.717, 1.165) is 47.5 Å². The number of piperidine rings is 1.